The Hall–Kier alpha value is -1.07. The highest BCUT2D eigenvalue weighted by atomic mass is 127. The Morgan fingerprint density at radius 1 is 1.36 bits per heavy atom. The van der Waals surface area contributed by atoms with Crippen LogP contribution < -0.4 is 15.4 Å². The lowest BCUT2D eigenvalue weighted by Crippen LogP contribution is -2.44. The first-order valence-corrected chi connectivity index (χ1v) is 9.37. The highest BCUT2D eigenvalue weighted by Gasteiger charge is 2.29. The molecule has 0 saturated carbocycles. The van der Waals surface area contributed by atoms with Gasteiger partial charge in [-0.1, -0.05) is 18.1 Å². The number of rotatable bonds is 7. The molecule has 1 unspecified atom stereocenters. The van der Waals surface area contributed by atoms with Crippen molar-refractivity contribution in [3.05, 3.63) is 29.8 Å². The number of thioether (sulfide) groups is 1. The second kappa shape index (κ2) is 11.5. The summed E-state index contributed by atoms with van der Waals surface area (Å²) in [5.74, 6) is 5.42. The van der Waals surface area contributed by atoms with Gasteiger partial charge in [0.25, 0.3) is 0 Å². The number of guanidine groups is 1. The van der Waals surface area contributed by atoms with Crippen molar-refractivity contribution in [1.82, 2.24) is 10.6 Å². The van der Waals surface area contributed by atoms with E-state index in [1.807, 2.05) is 19.2 Å². The van der Waals surface area contributed by atoms with Gasteiger partial charge < -0.3 is 15.4 Å². The number of nitrogens with zero attached hydrogens (tertiary/aromatic N) is 1. The van der Waals surface area contributed by atoms with Crippen LogP contribution in [0.2, 0.25) is 0 Å². The van der Waals surface area contributed by atoms with Crippen molar-refractivity contribution in [3.8, 4) is 18.1 Å². The zero-order valence-corrected chi connectivity index (χ0v) is 18.2. The van der Waals surface area contributed by atoms with Crippen LogP contribution in [0.5, 0.6) is 5.75 Å². The van der Waals surface area contributed by atoms with Crippen LogP contribution >= 0.6 is 35.7 Å². The van der Waals surface area contributed by atoms with E-state index in [1.54, 1.807) is 0 Å². The van der Waals surface area contributed by atoms with Crippen LogP contribution in [-0.4, -0.2) is 43.2 Å². The molecule has 0 aliphatic carbocycles. The predicted octanol–water partition coefficient (Wildman–Crippen LogP) is 3.31. The van der Waals surface area contributed by atoms with Gasteiger partial charge in [-0.25, -0.2) is 0 Å². The summed E-state index contributed by atoms with van der Waals surface area (Å²) in [7, 11) is 1.82. The second-order valence-corrected chi connectivity index (χ2v) is 7.82. The van der Waals surface area contributed by atoms with Gasteiger partial charge in [-0.05, 0) is 49.6 Å². The quantitative estimate of drug-likeness (QED) is 0.276. The molecule has 0 bridgehead atoms. The molecule has 1 fully saturated rings. The molecule has 2 rings (SSSR count). The molecule has 138 valence electrons. The minimum absolute atomic E-state index is 0. The van der Waals surface area contributed by atoms with Crippen molar-refractivity contribution in [3.63, 3.8) is 0 Å². The fourth-order valence-corrected chi connectivity index (χ4v) is 3.91. The number of hydrogen-bond donors (Lipinski definition) is 2. The van der Waals surface area contributed by atoms with Crippen molar-refractivity contribution in [1.29, 1.82) is 0 Å². The molecule has 1 aliphatic rings. The van der Waals surface area contributed by atoms with Crippen molar-refractivity contribution >= 4 is 41.7 Å². The molecule has 1 aliphatic heterocycles. The van der Waals surface area contributed by atoms with Gasteiger partial charge in [0, 0.05) is 24.9 Å². The Kier molecular flexibility index (Phi) is 10.1. The Balaban J connectivity index is 0.00000312. The zero-order valence-electron chi connectivity index (χ0n) is 15.0. The molecule has 0 aromatic heterocycles. The molecule has 0 spiro atoms. The van der Waals surface area contributed by atoms with Crippen molar-refractivity contribution in [2.24, 2.45) is 4.99 Å². The van der Waals surface area contributed by atoms with Gasteiger partial charge in [0.05, 0.1) is 0 Å². The van der Waals surface area contributed by atoms with Gasteiger partial charge in [-0.2, -0.15) is 11.8 Å². The number of terminal acetylenes is 1. The second-order valence-electron chi connectivity index (χ2n) is 6.14. The van der Waals surface area contributed by atoms with E-state index in [0.29, 0.717) is 11.4 Å². The first-order chi connectivity index (χ1) is 11.6. The van der Waals surface area contributed by atoms with Crippen molar-refractivity contribution < 1.29 is 4.74 Å². The summed E-state index contributed by atoms with van der Waals surface area (Å²) in [6, 6.07) is 8.05. The van der Waals surface area contributed by atoms with Gasteiger partial charge in [0.1, 0.15) is 12.4 Å². The Morgan fingerprint density at radius 2 is 2.12 bits per heavy atom. The predicted molar refractivity (Wildman–Crippen MR) is 119 cm³/mol. The van der Waals surface area contributed by atoms with Gasteiger partial charge in [-0.3, -0.25) is 4.99 Å². The van der Waals surface area contributed by atoms with E-state index < -0.39 is 0 Å². The third-order valence-electron chi connectivity index (χ3n) is 4.11. The van der Waals surface area contributed by atoms with Gasteiger partial charge in [-0.15, -0.1) is 30.4 Å². The van der Waals surface area contributed by atoms with E-state index >= 15 is 0 Å². The summed E-state index contributed by atoms with van der Waals surface area (Å²) in [6.07, 6.45) is 8.71. The fraction of sp³-hybridized carbons (Fsp3) is 0.526. The topological polar surface area (TPSA) is 45.6 Å². The Labute approximate surface area is 173 Å². The highest BCUT2D eigenvalue weighted by Crippen LogP contribution is 2.36. The third kappa shape index (κ3) is 7.78. The Bertz CT molecular complexity index is 577. The van der Waals surface area contributed by atoms with E-state index in [-0.39, 0.29) is 24.0 Å². The lowest BCUT2D eigenvalue weighted by Gasteiger charge is -2.24. The minimum Gasteiger partial charge on any atom is -0.481 e. The number of benzene rings is 1. The summed E-state index contributed by atoms with van der Waals surface area (Å²) >= 11 is 2.06. The fourth-order valence-electron chi connectivity index (χ4n) is 2.67. The first kappa shape index (κ1) is 22.0. The SMILES string of the molecule is C#CCOc1ccc(CCNC(=NC)NCC2(C)CCCS2)cc1.I. The third-order valence-corrected chi connectivity index (χ3v) is 5.64. The van der Waals surface area contributed by atoms with E-state index in [1.165, 1.54) is 24.2 Å². The average molecular weight is 473 g/mol. The molecule has 6 heteroatoms. The normalized spacial score (nSPS) is 19.6. The van der Waals surface area contributed by atoms with Crippen LogP contribution in [0.15, 0.2) is 29.3 Å². The molecule has 1 aromatic rings. The maximum Gasteiger partial charge on any atom is 0.191 e. The summed E-state index contributed by atoms with van der Waals surface area (Å²) < 4.78 is 5.72. The van der Waals surface area contributed by atoms with Crippen LogP contribution in [0.3, 0.4) is 0 Å². The molecule has 1 aromatic carbocycles. The molecule has 1 heterocycles. The van der Waals surface area contributed by atoms with E-state index in [4.69, 9.17) is 11.2 Å². The number of nitrogens with one attached hydrogen (secondary N) is 2. The lowest BCUT2D eigenvalue weighted by atomic mass is 10.1. The monoisotopic (exact) mass is 473 g/mol. The molecule has 1 atom stereocenters. The zero-order chi connectivity index (χ0) is 17.3. The maximum atomic E-state index is 5.38. The van der Waals surface area contributed by atoms with E-state index in [9.17, 15) is 0 Å². The first-order valence-electron chi connectivity index (χ1n) is 8.39. The summed E-state index contributed by atoms with van der Waals surface area (Å²) in [5.41, 5.74) is 1.25. The summed E-state index contributed by atoms with van der Waals surface area (Å²) in [5, 5.41) is 6.83. The Morgan fingerprint density at radius 3 is 2.72 bits per heavy atom. The van der Waals surface area contributed by atoms with Crippen molar-refractivity contribution in [2.75, 3.05) is 32.5 Å². The smallest absolute Gasteiger partial charge is 0.191 e. The number of ether oxygens (including phenoxy) is 1. The van der Waals surface area contributed by atoms with Crippen LogP contribution in [0.25, 0.3) is 0 Å². The van der Waals surface area contributed by atoms with Gasteiger partial charge in [0.15, 0.2) is 5.96 Å². The molecule has 1 saturated heterocycles. The molecule has 4 nitrogen and oxygen atoms in total. The number of halogens is 1. The van der Waals surface area contributed by atoms with Crippen LogP contribution in [0.1, 0.15) is 25.3 Å². The molecular formula is C19H28IN3OS. The standard InChI is InChI=1S/C19H27N3OS.HI/c1-4-13-23-17-8-6-16(7-9-17)10-12-21-18(20-3)22-15-19(2)11-5-14-24-19;/h1,6-9H,5,10-15H2,2-3H3,(H2,20,21,22);1H. The van der Waals surface area contributed by atoms with E-state index in [2.05, 4.69) is 52.4 Å². The van der Waals surface area contributed by atoms with Crippen LogP contribution in [0, 0.1) is 12.3 Å². The van der Waals surface area contributed by atoms with Crippen LogP contribution in [-0.2, 0) is 6.42 Å². The average Bonchev–Trinajstić information content (AvgIpc) is 3.04. The molecule has 0 amide bonds. The lowest BCUT2D eigenvalue weighted by molar-refractivity contribution is 0.370. The minimum atomic E-state index is 0. The summed E-state index contributed by atoms with van der Waals surface area (Å²) in [6.45, 7) is 4.43. The molecule has 25 heavy (non-hydrogen) atoms. The summed E-state index contributed by atoms with van der Waals surface area (Å²) in [4.78, 5) is 4.31. The van der Waals surface area contributed by atoms with Gasteiger partial charge in [0.2, 0.25) is 0 Å². The number of hydrogen-bond acceptors (Lipinski definition) is 3. The molecule has 2 N–H and O–H groups in total. The van der Waals surface area contributed by atoms with Crippen LogP contribution in [0.4, 0.5) is 0 Å². The molecular weight excluding hydrogens is 445 g/mol. The van der Waals surface area contributed by atoms with E-state index in [0.717, 1.165) is 31.2 Å². The van der Waals surface area contributed by atoms with Gasteiger partial charge >= 0.3 is 0 Å². The number of aliphatic imine (C=N–C) groups is 1. The maximum absolute atomic E-state index is 5.38. The van der Waals surface area contributed by atoms with Crippen molar-refractivity contribution in [2.45, 2.75) is 30.9 Å². The molecule has 0 radical (unpaired) electrons. The highest BCUT2D eigenvalue weighted by molar-refractivity contribution is 14.0. The largest absolute Gasteiger partial charge is 0.481 e.